The largest absolute Gasteiger partial charge is 0.480 e. The Morgan fingerprint density at radius 1 is 0.905 bits per heavy atom. The molecule has 0 aliphatic rings. The lowest BCUT2D eigenvalue weighted by atomic mass is 10.2. The van der Waals surface area contributed by atoms with Gasteiger partial charge in [-0.25, -0.2) is 4.79 Å². The first-order valence-electron chi connectivity index (χ1n) is 6.69. The van der Waals surface area contributed by atoms with Gasteiger partial charge in [-0.05, 0) is 18.1 Å². The van der Waals surface area contributed by atoms with Gasteiger partial charge in [0.25, 0.3) is 0 Å². The Labute approximate surface area is 134 Å². The molecule has 0 radical (unpaired) electrons. The van der Waals surface area contributed by atoms with Crippen LogP contribution in [-0.2, 0) is 16.3 Å². The predicted octanol–water partition coefficient (Wildman–Crippen LogP) is 4.65. The van der Waals surface area contributed by atoms with Crippen LogP contribution < -0.4 is 0 Å². The Bertz CT molecular complexity index is 526. The summed E-state index contributed by atoms with van der Waals surface area (Å²) >= 11 is 2.94. The lowest BCUT2D eigenvalue weighted by molar-refractivity contribution is -0.136. The molecule has 0 aromatic heterocycles. The van der Waals surface area contributed by atoms with Crippen LogP contribution >= 0.6 is 23.5 Å². The zero-order valence-electron chi connectivity index (χ0n) is 11.9. The Morgan fingerprint density at radius 3 is 1.62 bits per heavy atom. The van der Waals surface area contributed by atoms with E-state index in [1.165, 1.54) is 23.5 Å². The molecular weight excluding hydrogens is 300 g/mol. The number of hydrogen-bond acceptors (Lipinski definition) is 3. The third-order valence-electron chi connectivity index (χ3n) is 3.10. The molecule has 0 bridgehead atoms. The van der Waals surface area contributed by atoms with Gasteiger partial charge >= 0.3 is 5.97 Å². The Morgan fingerprint density at radius 2 is 1.29 bits per heavy atom. The first kappa shape index (κ1) is 16.0. The summed E-state index contributed by atoms with van der Waals surface area (Å²) in [4.78, 5) is 11.6. The van der Waals surface area contributed by atoms with Crippen molar-refractivity contribution in [3.05, 3.63) is 71.8 Å². The highest BCUT2D eigenvalue weighted by Crippen LogP contribution is 2.40. The zero-order valence-corrected chi connectivity index (χ0v) is 13.5. The van der Waals surface area contributed by atoms with Crippen molar-refractivity contribution in [2.24, 2.45) is 0 Å². The molecule has 110 valence electrons. The van der Waals surface area contributed by atoms with Gasteiger partial charge in [-0.2, -0.15) is 0 Å². The molecule has 0 fully saturated rings. The first-order valence-corrected chi connectivity index (χ1v) is 8.66. The minimum atomic E-state index is -0.842. The molecule has 2 rings (SSSR count). The van der Waals surface area contributed by atoms with Crippen molar-refractivity contribution in [3.63, 3.8) is 0 Å². The van der Waals surface area contributed by atoms with E-state index in [9.17, 15) is 9.90 Å². The highest BCUT2D eigenvalue weighted by Gasteiger charge is 2.34. The van der Waals surface area contributed by atoms with Crippen LogP contribution in [0.25, 0.3) is 0 Å². The minimum Gasteiger partial charge on any atom is -0.480 e. The van der Waals surface area contributed by atoms with Gasteiger partial charge in [-0.1, -0.05) is 60.7 Å². The van der Waals surface area contributed by atoms with Crippen molar-refractivity contribution in [1.29, 1.82) is 0 Å². The van der Waals surface area contributed by atoms with Crippen LogP contribution in [0.3, 0.4) is 0 Å². The minimum absolute atomic E-state index is 0.700. The number of aliphatic carboxylic acids is 1. The molecule has 0 spiro atoms. The summed E-state index contributed by atoms with van der Waals surface area (Å²) in [5, 5.41) is 9.55. The van der Waals surface area contributed by atoms with Gasteiger partial charge in [0.05, 0.1) is 0 Å². The lowest BCUT2D eigenvalue weighted by Gasteiger charge is -2.23. The monoisotopic (exact) mass is 318 g/mol. The smallest absolute Gasteiger partial charge is 0.329 e. The fourth-order valence-corrected chi connectivity index (χ4v) is 3.96. The number of thioether (sulfide) groups is 2. The molecule has 21 heavy (non-hydrogen) atoms. The zero-order chi connectivity index (χ0) is 15.1. The molecule has 0 amide bonds. The predicted molar refractivity (Wildman–Crippen MR) is 91.5 cm³/mol. The molecule has 1 N–H and O–H groups in total. The van der Waals surface area contributed by atoms with E-state index in [2.05, 4.69) is 0 Å². The highest BCUT2D eigenvalue weighted by atomic mass is 32.2. The van der Waals surface area contributed by atoms with Crippen LogP contribution in [0.4, 0.5) is 0 Å². The molecular formula is C17H18O2S2. The van der Waals surface area contributed by atoms with Crippen molar-refractivity contribution < 1.29 is 9.90 Å². The van der Waals surface area contributed by atoms with Gasteiger partial charge in [0.2, 0.25) is 0 Å². The second-order valence-corrected chi connectivity index (χ2v) is 7.85. The van der Waals surface area contributed by atoms with Crippen LogP contribution in [0.15, 0.2) is 60.7 Å². The van der Waals surface area contributed by atoms with Crippen molar-refractivity contribution in [2.75, 3.05) is 0 Å². The summed E-state index contributed by atoms with van der Waals surface area (Å²) in [5.74, 6) is 0.626. The molecule has 0 unspecified atom stereocenters. The number of carboxylic acid groups (broad SMARTS) is 1. The van der Waals surface area contributed by atoms with E-state index in [4.69, 9.17) is 0 Å². The summed E-state index contributed by atoms with van der Waals surface area (Å²) in [6.45, 7) is 1.79. The molecule has 0 atom stereocenters. The normalized spacial score (nSPS) is 11.3. The van der Waals surface area contributed by atoms with Crippen molar-refractivity contribution >= 4 is 29.5 Å². The molecule has 0 aliphatic carbocycles. The topological polar surface area (TPSA) is 37.3 Å². The van der Waals surface area contributed by atoms with Gasteiger partial charge in [0, 0.05) is 11.5 Å². The van der Waals surface area contributed by atoms with E-state index >= 15 is 0 Å². The van der Waals surface area contributed by atoms with Crippen LogP contribution in [0.1, 0.15) is 18.1 Å². The molecule has 4 heteroatoms. The summed E-state index contributed by atoms with van der Waals surface area (Å²) in [5.41, 5.74) is 2.30. The maximum Gasteiger partial charge on any atom is 0.329 e. The van der Waals surface area contributed by atoms with Gasteiger partial charge < -0.3 is 5.11 Å². The number of benzene rings is 2. The van der Waals surface area contributed by atoms with Gasteiger partial charge in [0.15, 0.2) is 4.08 Å². The summed E-state index contributed by atoms with van der Waals surface area (Å²) < 4.78 is -0.842. The van der Waals surface area contributed by atoms with Crippen LogP contribution in [0, 0.1) is 0 Å². The molecule has 0 saturated carbocycles. The van der Waals surface area contributed by atoms with Crippen LogP contribution in [0.5, 0.6) is 0 Å². The molecule has 2 nitrogen and oxygen atoms in total. The average Bonchev–Trinajstić information content (AvgIpc) is 2.53. The summed E-state index contributed by atoms with van der Waals surface area (Å²) in [6, 6.07) is 19.9. The van der Waals surface area contributed by atoms with Gasteiger partial charge in [0.1, 0.15) is 0 Å². The summed E-state index contributed by atoms with van der Waals surface area (Å²) in [6.07, 6.45) is 0. The maximum absolute atomic E-state index is 11.6. The van der Waals surface area contributed by atoms with Crippen molar-refractivity contribution in [2.45, 2.75) is 22.5 Å². The quantitative estimate of drug-likeness (QED) is 0.754. The van der Waals surface area contributed by atoms with E-state index < -0.39 is 10.0 Å². The average molecular weight is 318 g/mol. The molecule has 2 aromatic rings. The molecule has 2 aromatic carbocycles. The fourth-order valence-electron chi connectivity index (χ4n) is 1.76. The molecule has 0 saturated heterocycles. The van der Waals surface area contributed by atoms with E-state index in [1.807, 2.05) is 60.7 Å². The number of rotatable bonds is 7. The fraction of sp³-hybridized carbons (Fsp3) is 0.235. The SMILES string of the molecule is CC(SCc1ccccc1)(SCc1ccccc1)C(=O)O. The van der Waals surface area contributed by atoms with Crippen LogP contribution in [-0.4, -0.2) is 15.2 Å². The van der Waals surface area contributed by atoms with Gasteiger partial charge in [-0.15, -0.1) is 23.5 Å². The Kier molecular flexibility index (Phi) is 5.76. The number of carbonyl (C=O) groups is 1. The molecule has 0 aliphatic heterocycles. The maximum atomic E-state index is 11.6. The number of hydrogen-bond donors (Lipinski definition) is 1. The van der Waals surface area contributed by atoms with E-state index in [0.29, 0.717) is 11.5 Å². The van der Waals surface area contributed by atoms with E-state index in [-0.39, 0.29) is 0 Å². The second-order valence-electron chi connectivity index (χ2n) is 4.80. The summed E-state index contributed by atoms with van der Waals surface area (Å²) in [7, 11) is 0. The first-order chi connectivity index (χ1) is 10.1. The van der Waals surface area contributed by atoms with Crippen molar-refractivity contribution in [1.82, 2.24) is 0 Å². The van der Waals surface area contributed by atoms with Crippen LogP contribution in [0.2, 0.25) is 0 Å². The lowest BCUT2D eigenvalue weighted by Crippen LogP contribution is -2.27. The van der Waals surface area contributed by atoms with Gasteiger partial charge in [-0.3, -0.25) is 0 Å². The Balaban J connectivity index is 1.97. The standard InChI is InChI=1S/C17H18O2S2/c1-17(16(18)19,20-12-14-8-4-2-5-9-14)21-13-15-10-6-3-7-11-15/h2-11H,12-13H2,1H3,(H,18,19). The Hall–Kier alpha value is -1.39. The molecule has 0 heterocycles. The van der Waals surface area contributed by atoms with E-state index in [1.54, 1.807) is 6.92 Å². The third kappa shape index (κ3) is 4.83. The van der Waals surface area contributed by atoms with Crippen molar-refractivity contribution in [3.8, 4) is 0 Å². The third-order valence-corrected chi connectivity index (χ3v) is 6.22. The number of carboxylic acids is 1. The van der Waals surface area contributed by atoms with E-state index in [0.717, 1.165) is 11.1 Å². The highest BCUT2D eigenvalue weighted by molar-refractivity contribution is 8.18. The second kappa shape index (κ2) is 7.57.